The van der Waals surface area contributed by atoms with Gasteiger partial charge in [0, 0.05) is 6.04 Å². The van der Waals surface area contributed by atoms with Crippen molar-refractivity contribution < 1.29 is 14.6 Å². The monoisotopic (exact) mass is 251 g/mol. The van der Waals surface area contributed by atoms with Gasteiger partial charge in [0.1, 0.15) is 5.75 Å². The van der Waals surface area contributed by atoms with E-state index in [-0.39, 0.29) is 0 Å². The Hall–Kier alpha value is -1.55. The second-order valence-corrected chi connectivity index (χ2v) is 4.34. The maximum absolute atomic E-state index is 11.1. The van der Waals surface area contributed by atoms with Gasteiger partial charge in [-0.05, 0) is 37.5 Å². The van der Waals surface area contributed by atoms with E-state index in [0.717, 1.165) is 16.9 Å². The van der Waals surface area contributed by atoms with Crippen LogP contribution in [-0.2, 0) is 4.79 Å². The van der Waals surface area contributed by atoms with E-state index in [2.05, 4.69) is 0 Å². The Morgan fingerprint density at radius 1 is 1.44 bits per heavy atom. The first-order valence-electron chi connectivity index (χ1n) is 6.23. The molecule has 0 saturated heterocycles. The number of aliphatic carboxylic acids is 1. The van der Waals surface area contributed by atoms with Crippen LogP contribution in [0.25, 0.3) is 0 Å². The fourth-order valence-electron chi connectivity index (χ4n) is 2.01. The normalized spacial score (nSPS) is 14.0. The number of ether oxygens (including phenoxy) is 1. The zero-order chi connectivity index (χ0) is 13.7. The van der Waals surface area contributed by atoms with Gasteiger partial charge in [-0.15, -0.1) is 0 Å². The summed E-state index contributed by atoms with van der Waals surface area (Å²) < 4.78 is 5.45. The predicted molar refractivity (Wildman–Crippen MR) is 70.7 cm³/mol. The smallest absolute Gasteiger partial charge is 0.308 e. The molecule has 2 atom stereocenters. The molecule has 4 heteroatoms. The van der Waals surface area contributed by atoms with Crippen LogP contribution in [0.15, 0.2) is 18.2 Å². The number of carboxylic acid groups (broad SMARTS) is 1. The standard InChI is InChI=1S/C14H21NO3/c1-4-11(14(16)17)13(15)10-6-7-12(18-5-2)9(3)8-10/h6-8,11,13H,4-5,15H2,1-3H3,(H,16,17). The predicted octanol–water partition coefficient (Wildman–Crippen LogP) is 2.50. The van der Waals surface area contributed by atoms with Crippen LogP contribution >= 0.6 is 0 Å². The summed E-state index contributed by atoms with van der Waals surface area (Å²) in [6.07, 6.45) is 0.517. The van der Waals surface area contributed by atoms with E-state index in [1.807, 2.05) is 39.0 Å². The van der Waals surface area contributed by atoms with Crippen LogP contribution in [0.2, 0.25) is 0 Å². The van der Waals surface area contributed by atoms with E-state index in [1.165, 1.54) is 0 Å². The fourth-order valence-corrected chi connectivity index (χ4v) is 2.01. The molecule has 0 aromatic heterocycles. The molecule has 3 N–H and O–H groups in total. The van der Waals surface area contributed by atoms with E-state index in [0.29, 0.717) is 13.0 Å². The van der Waals surface area contributed by atoms with Gasteiger partial charge in [-0.1, -0.05) is 19.1 Å². The average Bonchev–Trinajstić information content (AvgIpc) is 2.32. The van der Waals surface area contributed by atoms with Crippen molar-refractivity contribution >= 4 is 5.97 Å². The summed E-state index contributed by atoms with van der Waals surface area (Å²) in [7, 11) is 0. The molecule has 0 aliphatic heterocycles. The van der Waals surface area contributed by atoms with Crippen LogP contribution in [0.4, 0.5) is 0 Å². The molecule has 0 aliphatic rings. The quantitative estimate of drug-likeness (QED) is 0.814. The van der Waals surface area contributed by atoms with Gasteiger partial charge in [-0.3, -0.25) is 4.79 Å². The van der Waals surface area contributed by atoms with Gasteiger partial charge in [-0.25, -0.2) is 0 Å². The lowest BCUT2D eigenvalue weighted by Gasteiger charge is -2.20. The molecule has 1 aromatic carbocycles. The van der Waals surface area contributed by atoms with Crippen molar-refractivity contribution in [2.75, 3.05) is 6.61 Å². The summed E-state index contributed by atoms with van der Waals surface area (Å²) in [5, 5.41) is 9.11. The first-order valence-corrected chi connectivity index (χ1v) is 6.23. The van der Waals surface area contributed by atoms with E-state index in [9.17, 15) is 4.79 Å². The summed E-state index contributed by atoms with van der Waals surface area (Å²) in [5.74, 6) is -0.587. The molecular weight excluding hydrogens is 230 g/mol. The van der Waals surface area contributed by atoms with Crippen molar-refractivity contribution in [1.29, 1.82) is 0 Å². The summed E-state index contributed by atoms with van der Waals surface area (Å²) >= 11 is 0. The minimum Gasteiger partial charge on any atom is -0.494 e. The SMILES string of the molecule is CCOc1ccc(C(N)C(CC)C(=O)O)cc1C. The molecule has 0 aliphatic carbocycles. The third-order valence-corrected chi connectivity index (χ3v) is 3.07. The summed E-state index contributed by atoms with van der Waals surface area (Å²) in [6, 6.07) is 5.11. The largest absolute Gasteiger partial charge is 0.494 e. The average molecular weight is 251 g/mol. The van der Waals surface area contributed by atoms with Gasteiger partial charge >= 0.3 is 5.97 Å². The maximum atomic E-state index is 11.1. The highest BCUT2D eigenvalue weighted by Gasteiger charge is 2.24. The highest BCUT2D eigenvalue weighted by Crippen LogP contribution is 2.27. The molecule has 1 aromatic rings. The molecule has 0 saturated carbocycles. The van der Waals surface area contributed by atoms with E-state index >= 15 is 0 Å². The summed E-state index contributed by atoms with van der Waals surface area (Å²) in [4.78, 5) is 11.1. The number of hydrogen-bond acceptors (Lipinski definition) is 3. The number of nitrogens with two attached hydrogens (primary N) is 1. The lowest BCUT2D eigenvalue weighted by atomic mass is 9.91. The molecule has 100 valence electrons. The van der Waals surface area contributed by atoms with Crippen molar-refractivity contribution in [3.63, 3.8) is 0 Å². The molecule has 0 radical (unpaired) electrons. The number of rotatable bonds is 6. The van der Waals surface area contributed by atoms with Gasteiger partial charge in [0.15, 0.2) is 0 Å². The topological polar surface area (TPSA) is 72.5 Å². The molecule has 1 rings (SSSR count). The van der Waals surface area contributed by atoms with Crippen molar-refractivity contribution in [1.82, 2.24) is 0 Å². The van der Waals surface area contributed by atoms with Gasteiger partial charge in [0.2, 0.25) is 0 Å². The Bertz CT molecular complexity index is 418. The lowest BCUT2D eigenvalue weighted by molar-refractivity contribution is -0.142. The molecule has 0 amide bonds. The third-order valence-electron chi connectivity index (χ3n) is 3.07. The van der Waals surface area contributed by atoms with Crippen molar-refractivity contribution in [2.24, 2.45) is 11.7 Å². The number of aryl methyl sites for hydroxylation is 1. The summed E-state index contributed by atoms with van der Waals surface area (Å²) in [5.41, 5.74) is 7.84. The lowest BCUT2D eigenvalue weighted by Crippen LogP contribution is -2.27. The Labute approximate surface area is 108 Å². The Morgan fingerprint density at radius 2 is 2.11 bits per heavy atom. The Kier molecular flexibility index (Phi) is 5.16. The molecule has 0 fully saturated rings. The van der Waals surface area contributed by atoms with E-state index in [4.69, 9.17) is 15.6 Å². The first-order chi connectivity index (χ1) is 8.51. The van der Waals surface area contributed by atoms with Crippen LogP contribution < -0.4 is 10.5 Å². The van der Waals surface area contributed by atoms with Crippen LogP contribution in [0.1, 0.15) is 37.4 Å². The van der Waals surface area contributed by atoms with Crippen LogP contribution in [-0.4, -0.2) is 17.7 Å². The first kappa shape index (κ1) is 14.5. The fraction of sp³-hybridized carbons (Fsp3) is 0.500. The van der Waals surface area contributed by atoms with E-state index in [1.54, 1.807) is 0 Å². The van der Waals surface area contributed by atoms with Crippen molar-refractivity contribution in [3.8, 4) is 5.75 Å². The minimum absolute atomic E-state index is 0.484. The highest BCUT2D eigenvalue weighted by atomic mass is 16.5. The van der Waals surface area contributed by atoms with Crippen LogP contribution in [0.3, 0.4) is 0 Å². The zero-order valence-corrected chi connectivity index (χ0v) is 11.1. The van der Waals surface area contributed by atoms with Crippen molar-refractivity contribution in [3.05, 3.63) is 29.3 Å². The Balaban J connectivity index is 2.96. The molecule has 0 spiro atoms. The van der Waals surface area contributed by atoms with Gasteiger partial charge in [0.05, 0.1) is 12.5 Å². The molecule has 4 nitrogen and oxygen atoms in total. The third kappa shape index (κ3) is 3.23. The number of carbonyl (C=O) groups is 1. The maximum Gasteiger partial charge on any atom is 0.308 e. The van der Waals surface area contributed by atoms with Gasteiger partial charge < -0.3 is 15.6 Å². The number of carboxylic acids is 1. The van der Waals surface area contributed by atoms with Crippen molar-refractivity contribution in [2.45, 2.75) is 33.2 Å². The second kappa shape index (κ2) is 6.40. The molecule has 2 unspecified atom stereocenters. The number of hydrogen-bond donors (Lipinski definition) is 2. The molecular formula is C14H21NO3. The van der Waals surface area contributed by atoms with Gasteiger partial charge in [0.25, 0.3) is 0 Å². The number of benzene rings is 1. The Morgan fingerprint density at radius 3 is 2.56 bits per heavy atom. The molecule has 0 heterocycles. The van der Waals surface area contributed by atoms with Crippen LogP contribution in [0, 0.1) is 12.8 Å². The van der Waals surface area contributed by atoms with Gasteiger partial charge in [-0.2, -0.15) is 0 Å². The molecule has 18 heavy (non-hydrogen) atoms. The molecule has 0 bridgehead atoms. The van der Waals surface area contributed by atoms with Crippen LogP contribution in [0.5, 0.6) is 5.75 Å². The zero-order valence-electron chi connectivity index (χ0n) is 11.1. The highest BCUT2D eigenvalue weighted by molar-refractivity contribution is 5.71. The summed E-state index contributed by atoms with van der Waals surface area (Å²) in [6.45, 7) is 6.30. The second-order valence-electron chi connectivity index (χ2n) is 4.34. The minimum atomic E-state index is -0.850. The van der Waals surface area contributed by atoms with E-state index < -0.39 is 17.9 Å².